The zero-order valence-electron chi connectivity index (χ0n) is 10.8. The Balaban J connectivity index is 1.65. The zero-order valence-corrected chi connectivity index (χ0v) is 11.6. The Hall–Kier alpha value is -1.17. The highest BCUT2D eigenvalue weighted by atomic mass is 32.2. The highest BCUT2D eigenvalue weighted by Gasteiger charge is 2.25. The van der Waals surface area contributed by atoms with Gasteiger partial charge in [0.15, 0.2) is 0 Å². The summed E-state index contributed by atoms with van der Waals surface area (Å²) in [7, 11) is 0. The third-order valence-corrected chi connectivity index (χ3v) is 4.66. The molecule has 0 saturated carbocycles. The molecule has 106 valence electrons. The Morgan fingerprint density at radius 1 is 1.26 bits per heavy atom. The number of thioether (sulfide) groups is 1. The van der Waals surface area contributed by atoms with E-state index < -0.39 is 11.9 Å². The van der Waals surface area contributed by atoms with Crippen LogP contribution in [0.1, 0.15) is 19.3 Å². The molecule has 0 bridgehead atoms. The van der Waals surface area contributed by atoms with Gasteiger partial charge in [-0.05, 0) is 36.7 Å². The van der Waals surface area contributed by atoms with Gasteiger partial charge in [0, 0.05) is 6.54 Å². The van der Waals surface area contributed by atoms with Gasteiger partial charge in [-0.1, -0.05) is 12.2 Å². The average Bonchev–Trinajstić information content (AvgIpc) is 2.86. The number of nitrogens with one attached hydrogen (secondary N) is 2. The Morgan fingerprint density at radius 2 is 2.00 bits per heavy atom. The van der Waals surface area contributed by atoms with Gasteiger partial charge in [0.25, 0.3) is 0 Å². The lowest BCUT2D eigenvalue weighted by Gasteiger charge is -2.22. The molecule has 0 spiro atoms. The van der Waals surface area contributed by atoms with E-state index >= 15 is 0 Å². The number of carbonyl (C=O) groups is 2. The lowest BCUT2D eigenvalue weighted by atomic mass is 10.0. The van der Waals surface area contributed by atoms with E-state index in [-0.39, 0.29) is 12.1 Å². The van der Waals surface area contributed by atoms with E-state index in [9.17, 15) is 9.59 Å². The van der Waals surface area contributed by atoms with E-state index in [1.54, 1.807) is 12.2 Å². The molecule has 3 N–H and O–H groups in total. The van der Waals surface area contributed by atoms with Crippen LogP contribution in [-0.4, -0.2) is 41.2 Å². The van der Waals surface area contributed by atoms with Gasteiger partial charge < -0.3 is 15.7 Å². The van der Waals surface area contributed by atoms with Crippen LogP contribution in [0.3, 0.4) is 0 Å². The second-order valence-corrected chi connectivity index (χ2v) is 6.31. The molecule has 0 aromatic rings. The normalized spacial score (nSPS) is 27.2. The van der Waals surface area contributed by atoms with Gasteiger partial charge in [-0.2, -0.15) is 11.8 Å². The summed E-state index contributed by atoms with van der Waals surface area (Å²) < 4.78 is 0. The fourth-order valence-electron chi connectivity index (χ4n) is 2.40. The maximum absolute atomic E-state index is 11.7. The molecule has 2 unspecified atom stereocenters. The van der Waals surface area contributed by atoms with Crippen LogP contribution < -0.4 is 10.6 Å². The third-order valence-electron chi connectivity index (χ3n) is 3.61. The van der Waals surface area contributed by atoms with E-state index in [0.717, 1.165) is 12.8 Å². The van der Waals surface area contributed by atoms with Gasteiger partial charge in [-0.15, -0.1) is 0 Å². The van der Waals surface area contributed by atoms with E-state index in [4.69, 9.17) is 5.11 Å². The minimum Gasteiger partial charge on any atom is -0.481 e. The summed E-state index contributed by atoms with van der Waals surface area (Å²) >= 11 is 1.97. The molecule has 1 heterocycles. The van der Waals surface area contributed by atoms with Crippen LogP contribution >= 0.6 is 11.8 Å². The monoisotopic (exact) mass is 284 g/mol. The van der Waals surface area contributed by atoms with Crippen LogP contribution in [0.25, 0.3) is 0 Å². The Kier molecular flexibility index (Phi) is 5.13. The highest BCUT2D eigenvalue weighted by molar-refractivity contribution is 7.99. The number of rotatable bonds is 4. The van der Waals surface area contributed by atoms with Crippen molar-refractivity contribution in [1.82, 2.24) is 10.6 Å². The van der Waals surface area contributed by atoms with Crippen molar-refractivity contribution in [3.8, 4) is 0 Å². The van der Waals surface area contributed by atoms with Crippen LogP contribution in [-0.2, 0) is 4.79 Å². The minimum absolute atomic E-state index is 0.164. The molecule has 2 aliphatic rings. The average molecular weight is 284 g/mol. The fourth-order valence-corrected chi connectivity index (χ4v) is 3.60. The number of carboxylic acid groups (broad SMARTS) is 1. The zero-order chi connectivity index (χ0) is 13.7. The summed E-state index contributed by atoms with van der Waals surface area (Å²) in [6.45, 7) is 0.713. The molecular weight excluding hydrogens is 264 g/mol. The van der Waals surface area contributed by atoms with Gasteiger partial charge in [0.2, 0.25) is 0 Å². The number of urea groups is 1. The first-order chi connectivity index (χ1) is 9.15. The van der Waals surface area contributed by atoms with Gasteiger partial charge in [0.05, 0.1) is 12.0 Å². The molecule has 1 aliphatic carbocycles. The van der Waals surface area contributed by atoms with Crippen molar-refractivity contribution in [2.75, 3.05) is 18.1 Å². The first kappa shape index (κ1) is 14.2. The summed E-state index contributed by atoms with van der Waals surface area (Å²) in [6.07, 6.45) is 6.18. The topological polar surface area (TPSA) is 78.4 Å². The molecule has 0 radical (unpaired) electrons. The Morgan fingerprint density at radius 3 is 2.63 bits per heavy atom. The summed E-state index contributed by atoms with van der Waals surface area (Å²) in [6, 6.07) is -0.359. The lowest BCUT2D eigenvalue weighted by molar-refractivity contribution is -0.140. The molecule has 6 heteroatoms. The fraction of sp³-hybridized carbons (Fsp3) is 0.692. The largest absolute Gasteiger partial charge is 0.481 e. The summed E-state index contributed by atoms with van der Waals surface area (Å²) in [5.74, 6) is 1.64. The van der Waals surface area contributed by atoms with Crippen LogP contribution in [0.2, 0.25) is 0 Å². The SMILES string of the molecule is O=C(NCC1CCSCC1)NC1C=CC(C(=O)O)C1. The Labute approximate surface area is 117 Å². The van der Waals surface area contributed by atoms with E-state index in [1.807, 2.05) is 11.8 Å². The molecule has 1 saturated heterocycles. The molecule has 0 aromatic heterocycles. The van der Waals surface area contributed by atoms with E-state index in [2.05, 4.69) is 10.6 Å². The lowest BCUT2D eigenvalue weighted by Crippen LogP contribution is -2.43. The van der Waals surface area contributed by atoms with Crippen molar-refractivity contribution >= 4 is 23.8 Å². The van der Waals surface area contributed by atoms with Crippen LogP contribution in [0.5, 0.6) is 0 Å². The van der Waals surface area contributed by atoms with Crippen LogP contribution in [0.15, 0.2) is 12.2 Å². The number of aliphatic carboxylic acids is 1. The molecule has 19 heavy (non-hydrogen) atoms. The predicted octanol–water partition coefficient (Wildman–Crippen LogP) is 1.46. The van der Waals surface area contributed by atoms with Crippen molar-refractivity contribution in [2.45, 2.75) is 25.3 Å². The predicted molar refractivity (Wildman–Crippen MR) is 75.3 cm³/mol. The number of carboxylic acids is 1. The first-order valence-electron chi connectivity index (χ1n) is 6.68. The smallest absolute Gasteiger partial charge is 0.315 e. The second kappa shape index (κ2) is 6.84. The van der Waals surface area contributed by atoms with E-state index in [1.165, 1.54) is 11.5 Å². The van der Waals surface area contributed by atoms with Crippen molar-refractivity contribution in [2.24, 2.45) is 11.8 Å². The first-order valence-corrected chi connectivity index (χ1v) is 7.84. The molecular formula is C13H20N2O3S. The quantitative estimate of drug-likeness (QED) is 0.683. The molecule has 1 fully saturated rings. The van der Waals surface area contributed by atoms with Gasteiger partial charge in [-0.3, -0.25) is 4.79 Å². The molecule has 1 aliphatic heterocycles. The minimum atomic E-state index is -0.833. The Bertz CT molecular complexity index is 367. The maximum atomic E-state index is 11.7. The standard InChI is InChI=1S/C13H20N2O3S/c16-12(17)10-1-2-11(7-10)15-13(18)14-8-9-3-5-19-6-4-9/h1-2,9-11H,3-8H2,(H,16,17)(H2,14,15,18). The number of hydrogen-bond acceptors (Lipinski definition) is 3. The summed E-state index contributed by atoms with van der Waals surface area (Å²) in [5.41, 5.74) is 0. The van der Waals surface area contributed by atoms with Crippen molar-refractivity contribution in [3.63, 3.8) is 0 Å². The third kappa shape index (κ3) is 4.45. The molecule has 2 rings (SSSR count). The van der Waals surface area contributed by atoms with Gasteiger partial charge >= 0.3 is 12.0 Å². The molecule has 0 aromatic carbocycles. The van der Waals surface area contributed by atoms with Crippen molar-refractivity contribution in [1.29, 1.82) is 0 Å². The number of hydrogen-bond donors (Lipinski definition) is 3. The van der Waals surface area contributed by atoms with Crippen LogP contribution in [0.4, 0.5) is 4.79 Å². The van der Waals surface area contributed by atoms with E-state index in [0.29, 0.717) is 18.9 Å². The highest BCUT2D eigenvalue weighted by Crippen LogP contribution is 2.22. The van der Waals surface area contributed by atoms with Gasteiger partial charge in [0.1, 0.15) is 0 Å². The molecule has 2 amide bonds. The number of amides is 2. The molecule has 5 nitrogen and oxygen atoms in total. The molecule has 2 atom stereocenters. The number of carbonyl (C=O) groups excluding carboxylic acids is 1. The van der Waals surface area contributed by atoms with Gasteiger partial charge in [-0.25, -0.2) is 4.79 Å². The maximum Gasteiger partial charge on any atom is 0.315 e. The van der Waals surface area contributed by atoms with Crippen molar-refractivity contribution in [3.05, 3.63) is 12.2 Å². The summed E-state index contributed by atoms with van der Waals surface area (Å²) in [5, 5.41) is 14.5. The summed E-state index contributed by atoms with van der Waals surface area (Å²) in [4.78, 5) is 22.5. The second-order valence-electron chi connectivity index (χ2n) is 5.08. The van der Waals surface area contributed by atoms with Crippen LogP contribution in [0, 0.1) is 11.8 Å². The van der Waals surface area contributed by atoms with Crippen molar-refractivity contribution < 1.29 is 14.7 Å².